The Hall–Kier alpha value is -1.03. The first-order valence-corrected chi connectivity index (χ1v) is 6.62. The van der Waals surface area contributed by atoms with Gasteiger partial charge in [0.2, 0.25) is 0 Å². The van der Waals surface area contributed by atoms with E-state index in [4.69, 9.17) is 4.74 Å². The van der Waals surface area contributed by atoms with Gasteiger partial charge in [0.15, 0.2) is 11.5 Å². The van der Waals surface area contributed by atoms with E-state index in [9.17, 15) is 5.11 Å². The van der Waals surface area contributed by atoms with E-state index in [0.717, 1.165) is 18.7 Å². The van der Waals surface area contributed by atoms with Crippen molar-refractivity contribution >= 4 is 17.4 Å². The zero-order valence-corrected chi connectivity index (χ0v) is 10.6. The molecular formula is C12H19NO2S. The molecule has 0 fully saturated rings. The van der Waals surface area contributed by atoms with Gasteiger partial charge in [-0.05, 0) is 30.1 Å². The lowest BCUT2D eigenvalue weighted by atomic mass is 10.2. The quantitative estimate of drug-likeness (QED) is 0.720. The molecule has 0 bridgehead atoms. The zero-order chi connectivity index (χ0) is 11.8. The molecule has 0 atom stereocenters. The van der Waals surface area contributed by atoms with E-state index < -0.39 is 0 Å². The molecule has 0 unspecified atom stereocenters. The number of phenols is 1. The van der Waals surface area contributed by atoms with Crippen molar-refractivity contribution in [3.63, 3.8) is 0 Å². The van der Waals surface area contributed by atoms with Crippen LogP contribution in [0.25, 0.3) is 0 Å². The molecule has 1 aromatic rings. The molecule has 16 heavy (non-hydrogen) atoms. The third-order valence-corrected chi connectivity index (χ3v) is 3.16. The third-order valence-electron chi connectivity index (χ3n) is 2.18. The maximum atomic E-state index is 9.56. The van der Waals surface area contributed by atoms with Crippen LogP contribution in [0.3, 0.4) is 0 Å². The molecule has 0 saturated carbocycles. The van der Waals surface area contributed by atoms with Crippen LogP contribution in [0.2, 0.25) is 0 Å². The summed E-state index contributed by atoms with van der Waals surface area (Å²) < 4.78 is 4.98. The van der Waals surface area contributed by atoms with Crippen molar-refractivity contribution in [3.8, 4) is 11.5 Å². The SMILES string of the molecule is CCSCCCNc1ccc(OC)c(O)c1. The highest BCUT2D eigenvalue weighted by molar-refractivity contribution is 7.99. The van der Waals surface area contributed by atoms with Crippen LogP contribution in [0.5, 0.6) is 11.5 Å². The predicted molar refractivity (Wildman–Crippen MR) is 70.8 cm³/mol. The topological polar surface area (TPSA) is 41.5 Å². The Kier molecular flexibility index (Phi) is 5.93. The Morgan fingerprint density at radius 1 is 1.44 bits per heavy atom. The monoisotopic (exact) mass is 241 g/mol. The average molecular weight is 241 g/mol. The summed E-state index contributed by atoms with van der Waals surface area (Å²) in [6, 6.07) is 5.36. The minimum Gasteiger partial charge on any atom is -0.504 e. The largest absolute Gasteiger partial charge is 0.504 e. The number of anilines is 1. The number of methoxy groups -OCH3 is 1. The Labute approximate surface area is 101 Å². The first-order chi connectivity index (χ1) is 7.77. The van der Waals surface area contributed by atoms with Gasteiger partial charge in [-0.15, -0.1) is 0 Å². The molecule has 0 aromatic heterocycles. The molecule has 0 aliphatic rings. The summed E-state index contributed by atoms with van der Waals surface area (Å²) in [6.45, 7) is 3.10. The number of aromatic hydroxyl groups is 1. The molecule has 1 rings (SSSR count). The van der Waals surface area contributed by atoms with E-state index in [1.54, 1.807) is 19.2 Å². The molecule has 2 N–H and O–H groups in total. The van der Waals surface area contributed by atoms with Crippen molar-refractivity contribution in [1.29, 1.82) is 0 Å². The van der Waals surface area contributed by atoms with Crippen LogP contribution in [0.4, 0.5) is 5.69 Å². The highest BCUT2D eigenvalue weighted by Gasteiger charge is 2.01. The second-order valence-corrected chi connectivity index (χ2v) is 4.76. The maximum Gasteiger partial charge on any atom is 0.160 e. The second kappa shape index (κ2) is 7.28. The van der Waals surface area contributed by atoms with E-state index in [1.165, 1.54) is 11.5 Å². The number of hydrogen-bond acceptors (Lipinski definition) is 4. The molecule has 4 heteroatoms. The molecule has 0 spiro atoms. The molecule has 90 valence electrons. The van der Waals surface area contributed by atoms with Gasteiger partial charge < -0.3 is 15.2 Å². The van der Waals surface area contributed by atoms with Gasteiger partial charge in [-0.3, -0.25) is 0 Å². The Balaban J connectivity index is 2.34. The van der Waals surface area contributed by atoms with Crippen LogP contribution in [0, 0.1) is 0 Å². The zero-order valence-electron chi connectivity index (χ0n) is 9.82. The van der Waals surface area contributed by atoms with Crippen LogP contribution in [0.15, 0.2) is 18.2 Å². The van der Waals surface area contributed by atoms with Gasteiger partial charge in [-0.25, -0.2) is 0 Å². The van der Waals surface area contributed by atoms with Gasteiger partial charge in [0.05, 0.1) is 7.11 Å². The van der Waals surface area contributed by atoms with E-state index in [2.05, 4.69) is 12.2 Å². The molecule has 3 nitrogen and oxygen atoms in total. The maximum absolute atomic E-state index is 9.56. The molecule has 0 saturated heterocycles. The smallest absolute Gasteiger partial charge is 0.160 e. The molecule has 0 heterocycles. The Morgan fingerprint density at radius 3 is 2.88 bits per heavy atom. The van der Waals surface area contributed by atoms with Gasteiger partial charge >= 0.3 is 0 Å². The van der Waals surface area contributed by atoms with E-state index in [1.807, 2.05) is 17.8 Å². The summed E-state index contributed by atoms with van der Waals surface area (Å²) in [5.74, 6) is 3.03. The second-order valence-electron chi connectivity index (χ2n) is 3.36. The molecule has 1 aromatic carbocycles. The molecule has 0 amide bonds. The van der Waals surface area contributed by atoms with Gasteiger partial charge in [0.1, 0.15) is 0 Å². The minimum absolute atomic E-state index is 0.176. The van der Waals surface area contributed by atoms with Crippen molar-refractivity contribution in [3.05, 3.63) is 18.2 Å². The number of benzene rings is 1. The molecule has 0 aliphatic carbocycles. The summed E-state index contributed by atoms with van der Waals surface area (Å²) in [5.41, 5.74) is 0.930. The van der Waals surface area contributed by atoms with Crippen molar-refractivity contribution in [1.82, 2.24) is 0 Å². The molecular weight excluding hydrogens is 222 g/mol. The average Bonchev–Trinajstić information content (AvgIpc) is 2.29. The van der Waals surface area contributed by atoms with Crippen LogP contribution in [-0.2, 0) is 0 Å². The number of phenolic OH excluding ortho intramolecular Hbond substituents is 1. The summed E-state index contributed by atoms with van der Waals surface area (Å²) in [5, 5.41) is 12.8. The van der Waals surface area contributed by atoms with Crippen molar-refractivity contribution in [2.75, 3.05) is 30.5 Å². The lowest BCUT2D eigenvalue weighted by Crippen LogP contribution is -2.02. The number of thioether (sulfide) groups is 1. The fraction of sp³-hybridized carbons (Fsp3) is 0.500. The normalized spacial score (nSPS) is 10.1. The van der Waals surface area contributed by atoms with E-state index in [-0.39, 0.29) is 5.75 Å². The highest BCUT2D eigenvalue weighted by atomic mass is 32.2. The Morgan fingerprint density at radius 2 is 2.25 bits per heavy atom. The number of nitrogens with one attached hydrogen (secondary N) is 1. The number of hydrogen-bond donors (Lipinski definition) is 2. The van der Waals surface area contributed by atoms with Gasteiger partial charge in [-0.1, -0.05) is 6.92 Å². The summed E-state index contributed by atoms with van der Waals surface area (Å²) >= 11 is 1.94. The minimum atomic E-state index is 0.176. The van der Waals surface area contributed by atoms with Crippen LogP contribution >= 0.6 is 11.8 Å². The van der Waals surface area contributed by atoms with Gasteiger partial charge in [0.25, 0.3) is 0 Å². The summed E-state index contributed by atoms with van der Waals surface area (Å²) in [7, 11) is 1.55. The summed E-state index contributed by atoms with van der Waals surface area (Å²) in [4.78, 5) is 0. The number of ether oxygens (including phenoxy) is 1. The van der Waals surface area contributed by atoms with Crippen molar-refractivity contribution in [2.45, 2.75) is 13.3 Å². The van der Waals surface area contributed by atoms with Crippen molar-refractivity contribution < 1.29 is 9.84 Å². The predicted octanol–water partition coefficient (Wildman–Crippen LogP) is 2.96. The fourth-order valence-corrected chi connectivity index (χ4v) is 1.99. The fourth-order valence-electron chi connectivity index (χ4n) is 1.35. The van der Waals surface area contributed by atoms with Crippen LogP contribution < -0.4 is 10.1 Å². The summed E-state index contributed by atoms with van der Waals surface area (Å²) in [6.07, 6.45) is 1.13. The van der Waals surface area contributed by atoms with Gasteiger partial charge in [0, 0.05) is 18.3 Å². The lowest BCUT2D eigenvalue weighted by molar-refractivity contribution is 0.373. The lowest BCUT2D eigenvalue weighted by Gasteiger charge is -2.08. The van der Waals surface area contributed by atoms with Crippen LogP contribution in [0.1, 0.15) is 13.3 Å². The first-order valence-electron chi connectivity index (χ1n) is 5.46. The highest BCUT2D eigenvalue weighted by Crippen LogP contribution is 2.28. The third kappa shape index (κ3) is 4.23. The standard InChI is InChI=1S/C12H19NO2S/c1-3-16-8-4-7-13-10-5-6-12(15-2)11(14)9-10/h5-6,9,13-14H,3-4,7-8H2,1-2H3. The first kappa shape index (κ1) is 13.0. The van der Waals surface area contributed by atoms with E-state index >= 15 is 0 Å². The van der Waals surface area contributed by atoms with Crippen LogP contribution in [-0.4, -0.2) is 30.3 Å². The van der Waals surface area contributed by atoms with Gasteiger partial charge in [-0.2, -0.15) is 11.8 Å². The van der Waals surface area contributed by atoms with Crippen molar-refractivity contribution in [2.24, 2.45) is 0 Å². The number of rotatable bonds is 7. The molecule has 0 aliphatic heterocycles. The Bertz CT molecular complexity index is 318. The van der Waals surface area contributed by atoms with E-state index in [0.29, 0.717) is 5.75 Å². The molecule has 0 radical (unpaired) electrons.